The summed E-state index contributed by atoms with van der Waals surface area (Å²) in [5.41, 5.74) is 3.75. The molecule has 86 valence electrons. The van der Waals surface area contributed by atoms with E-state index in [1.807, 2.05) is 12.1 Å². The van der Waals surface area contributed by atoms with Gasteiger partial charge in [0.05, 0.1) is 18.1 Å². The summed E-state index contributed by atoms with van der Waals surface area (Å²) in [6.45, 7) is 0. The lowest BCUT2D eigenvalue weighted by Gasteiger charge is -2.00. The lowest BCUT2D eigenvalue weighted by atomic mass is 10.3. The maximum atomic E-state index is 11.2. The van der Waals surface area contributed by atoms with Crippen molar-refractivity contribution in [3.63, 3.8) is 0 Å². The number of pyridine rings is 1. The topological polar surface area (TPSA) is 83.0 Å². The molecule has 0 aliphatic heterocycles. The fourth-order valence-electron chi connectivity index (χ4n) is 1.09. The number of halogens is 1. The Kier molecular flexibility index (Phi) is 3.61. The van der Waals surface area contributed by atoms with Gasteiger partial charge in [0, 0.05) is 18.0 Å². The van der Waals surface area contributed by atoms with Crippen LogP contribution in [-0.2, 0) is 0 Å². The van der Waals surface area contributed by atoms with Crippen molar-refractivity contribution in [3.05, 3.63) is 51.1 Å². The Bertz CT molecular complexity index is 581. The molecule has 2 rings (SSSR count). The average molecular weight is 294 g/mol. The molecule has 0 saturated heterocycles. The Labute approximate surface area is 105 Å². The van der Waals surface area contributed by atoms with Crippen LogP contribution in [0.5, 0.6) is 0 Å². The number of nitrogens with zero attached hydrogens (tertiary/aromatic N) is 3. The number of aromatic nitrogens is 3. The number of aromatic amines is 1. The molecule has 6 nitrogen and oxygen atoms in total. The Morgan fingerprint density at radius 1 is 1.47 bits per heavy atom. The molecule has 0 amide bonds. The van der Waals surface area contributed by atoms with Crippen LogP contribution in [0.2, 0.25) is 0 Å². The average Bonchev–Trinajstić information content (AvgIpc) is 2.36. The molecule has 0 aromatic carbocycles. The number of anilines is 1. The van der Waals surface area contributed by atoms with Crippen LogP contribution in [0.15, 0.2) is 45.1 Å². The fourth-order valence-corrected chi connectivity index (χ4v) is 1.37. The van der Waals surface area contributed by atoms with Crippen molar-refractivity contribution in [1.29, 1.82) is 0 Å². The van der Waals surface area contributed by atoms with E-state index in [0.29, 0.717) is 10.2 Å². The van der Waals surface area contributed by atoms with Crippen LogP contribution in [0.4, 0.5) is 5.69 Å². The highest BCUT2D eigenvalue weighted by molar-refractivity contribution is 9.10. The van der Waals surface area contributed by atoms with Gasteiger partial charge in [0.15, 0.2) is 0 Å². The zero-order valence-electron chi connectivity index (χ0n) is 8.59. The molecule has 2 heterocycles. The summed E-state index contributed by atoms with van der Waals surface area (Å²) in [6.07, 6.45) is 6.42. The molecule has 0 radical (unpaired) electrons. The van der Waals surface area contributed by atoms with E-state index < -0.39 is 0 Å². The third kappa shape index (κ3) is 2.97. The van der Waals surface area contributed by atoms with Crippen molar-refractivity contribution in [2.75, 3.05) is 5.43 Å². The molecule has 2 N–H and O–H groups in total. The molecule has 0 fully saturated rings. The zero-order chi connectivity index (χ0) is 12.1. The van der Waals surface area contributed by atoms with E-state index in [-0.39, 0.29) is 5.56 Å². The van der Waals surface area contributed by atoms with Crippen molar-refractivity contribution in [2.45, 2.75) is 0 Å². The lowest BCUT2D eigenvalue weighted by Crippen LogP contribution is -2.10. The summed E-state index contributed by atoms with van der Waals surface area (Å²) >= 11 is 3.13. The summed E-state index contributed by atoms with van der Waals surface area (Å²) in [4.78, 5) is 15.2. The summed E-state index contributed by atoms with van der Waals surface area (Å²) in [6, 6.07) is 3.68. The molecule has 7 heteroatoms. The minimum absolute atomic E-state index is 0.313. The highest BCUT2D eigenvalue weighted by atomic mass is 79.9. The second-order valence-electron chi connectivity index (χ2n) is 3.08. The van der Waals surface area contributed by atoms with Crippen LogP contribution >= 0.6 is 15.9 Å². The molecule has 0 spiro atoms. The molecule has 17 heavy (non-hydrogen) atoms. The van der Waals surface area contributed by atoms with Gasteiger partial charge in [-0.25, -0.2) is 5.10 Å². The normalized spacial score (nSPS) is 10.6. The minimum atomic E-state index is -0.313. The largest absolute Gasteiger partial charge is 0.280 e. The van der Waals surface area contributed by atoms with E-state index in [0.717, 1.165) is 5.56 Å². The van der Waals surface area contributed by atoms with E-state index in [1.54, 1.807) is 18.6 Å². The second-order valence-corrected chi connectivity index (χ2v) is 3.88. The van der Waals surface area contributed by atoms with Crippen LogP contribution in [0.1, 0.15) is 5.56 Å². The van der Waals surface area contributed by atoms with Gasteiger partial charge >= 0.3 is 0 Å². The van der Waals surface area contributed by atoms with E-state index in [9.17, 15) is 4.79 Å². The quantitative estimate of drug-likeness (QED) is 0.661. The number of rotatable bonds is 3. The molecule has 2 aromatic rings. The third-order valence-corrected chi connectivity index (χ3v) is 2.67. The van der Waals surface area contributed by atoms with Crippen LogP contribution in [0.25, 0.3) is 0 Å². The second kappa shape index (κ2) is 5.35. The summed E-state index contributed by atoms with van der Waals surface area (Å²) in [7, 11) is 0. The summed E-state index contributed by atoms with van der Waals surface area (Å²) in [5.74, 6) is 0. The van der Waals surface area contributed by atoms with Crippen molar-refractivity contribution < 1.29 is 0 Å². The van der Waals surface area contributed by atoms with E-state index in [1.165, 1.54) is 6.20 Å². The first kappa shape index (κ1) is 11.5. The summed E-state index contributed by atoms with van der Waals surface area (Å²) in [5, 5.41) is 9.92. The van der Waals surface area contributed by atoms with Crippen LogP contribution in [-0.4, -0.2) is 21.4 Å². The number of hydrogen-bond acceptors (Lipinski definition) is 5. The van der Waals surface area contributed by atoms with Gasteiger partial charge in [-0.3, -0.25) is 15.2 Å². The predicted molar refractivity (Wildman–Crippen MR) is 68.0 cm³/mol. The Balaban J connectivity index is 2.11. The number of nitrogens with one attached hydrogen (secondary N) is 2. The molecular weight excluding hydrogens is 286 g/mol. The highest BCUT2D eigenvalue weighted by Gasteiger charge is 2.01. The van der Waals surface area contributed by atoms with E-state index in [4.69, 9.17) is 0 Å². The van der Waals surface area contributed by atoms with Gasteiger partial charge in [0.2, 0.25) is 0 Å². The first-order valence-electron chi connectivity index (χ1n) is 4.69. The first-order chi connectivity index (χ1) is 8.27. The Morgan fingerprint density at radius 2 is 2.35 bits per heavy atom. The molecule has 0 saturated carbocycles. The van der Waals surface area contributed by atoms with Crippen LogP contribution in [0.3, 0.4) is 0 Å². The predicted octanol–water partition coefficient (Wildman–Crippen LogP) is 1.37. The number of H-pyrrole nitrogens is 1. The van der Waals surface area contributed by atoms with Crippen molar-refractivity contribution in [3.8, 4) is 0 Å². The van der Waals surface area contributed by atoms with Crippen molar-refractivity contribution in [1.82, 2.24) is 15.2 Å². The van der Waals surface area contributed by atoms with Gasteiger partial charge in [0.1, 0.15) is 4.47 Å². The van der Waals surface area contributed by atoms with Gasteiger partial charge < -0.3 is 0 Å². The smallest absolute Gasteiger partial charge is 0.275 e. The van der Waals surface area contributed by atoms with Gasteiger partial charge in [-0.1, -0.05) is 6.07 Å². The van der Waals surface area contributed by atoms with Gasteiger partial charge in [-0.05, 0) is 22.0 Å². The molecule has 0 atom stereocenters. The SMILES string of the molecule is O=c1[nH]ncc(N/N=C\c2cccnc2)c1Br. The maximum absolute atomic E-state index is 11.2. The number of hydrogen-bond donors (Lipinski definition) is 2. The van der Waals surface area contributed by atoms with E-state index in [2.05, 4.69) is 41.6 Å². The zero-order valence-corrected chi connectivity index (χ0v) is 10.2. The molecule has 2 aromatic heterocycles. The van der Waals surface area contributed by atoms with Crippen LogP contribution < -0.4 is 11.0 Å². The van der Waals surface area contributed by atoms with E-state index >= 15 is 0 Å². The monoisotopic (exact) mass is 293 g/mol. The standard InChI is InChI=1S/C10H8BrN5O/c11-9-8(6-14-16-10(9)17)15-13-5-7-2-1-3-12-4-7/h1-6H,(H2,15,16,17)/b13-5-. The van der Waals surface area contributed by atoms with Gasteiger partial charge in [-0.2, -0.15) is 10.2 Å². The Morgan fingerprint density at radius 3 is 3.12 bits per heavy atom. The lowest BCUT2D eigenvalue weighted by molar-refractivity contribution is 0.977. The highest BCUT2D eigenvalue weighted by Crippen LogP contribution is 2.14. The van der Waals surface area contributed by atoms with Crippen molar-refractivity contribution in [2.24, 2.45) is 5.10 Å². The molecule has 0 aliphatic rings. The molecule has 0 aliphatic carbocycles. The van der Waals surface area contributed by atoms with Gasteiger partial charge in [0.25, 0.3) is 5.56 Å². The molecule has 0 bridgehead atoms. The van der Waals surface area contributed by atoms with Crippen LogP contribution in [0, 0.1) is 0 Å². The Hall–Kier alpha value is -2.02. The molecule has 0 unspecified atom stereocenters. The summed E-state index contributed by atoms with van der Waals surface area (Å²) < 4.78 is 0.357. The number of hydrazone groups is 1. The van der Waals surface area contributed by atoms with Gasteiger partial charge in [-0.15, -0.1) is 0 Å². The minimum Gasteiger partial charge on any atom is -0.275 e. The van der Waals surface area contributed by atoms with Crippen molar-refractivity contribution >= 4 is 27.8 Å². The first-order valence-corrected chi connectivity index (χ1v) is 5.49. The fraction of sp³-hybridized carbons (Fsp3) is 0. The molecular formula is C10H8BrN5O. The third-order valence-electron chi connectivity index (χ3n) is 1.88. The maximum Gasteiger partial charge on any atom is 0.280 e.